The molecule has 3 aromatic rings. The smallest absolute Gasteiger partial charge is 0.343 e. The minimum Gasteiger partial charge on any atom is -0.462 e. The minimum absolute atomic E-state index is 0.179. The highest BCUT2D eigenvalue weighted by Gasteiger charge is 2.26. The van der Waals surface area contributed by atoms with Crippen LogP contribution in [0.25, 0.3) is 10.6 Å². The third kappa shape index (κ3) is 4.35. The Bertz CT molecular complexity index is 1030. The highest BCUT2D eigenvalue weighted by Crippen LogP contribution is 2.31. The second-order valence-electron chi connectivity index (χ2n) is 7.24. The molecule has 0 unspecified atom stereocenters. The number of hydrogen-bond donors (Lipinski definition) is 1. The van der Waals surface area contributed by atoms with Gasteiger partial charge in [0.25, 0.3) is 0 Å². The van der Waals surface area contributed by atoms with Crippen LogP contribution in [-0.4, -0.2) is 45.3 Å². The Labute approximate surface area is 184 Å². The van der Waals surface area contributed by atoms with Crippen molar-refractivity contribution in [3.05, 3.63) is 52.1 Å². The number of ether oxygens (including phenoxy) is 1. The molecule has 0 saturated carbocycles. The van der Waals surface area contributed by atoms with E-state index in [0.717, 1.165) is 53.8 Å². The number of carbonyl (C=O) groups excluding carboxylic acids is 1. The van der Waals surface area contributed by atoms with Crippen LogP contribution in [0, 0.1) is 0 Å². The molecule has 2 aromatic heterocycles. The second-order valence-corrected chi connectivity index (χ2v) is 8.50. The summed E-state index contributed by atoms with van der Waals surface area (Å²) >= 11 is 7.91. The number of piperidine rings is 1. The maximum absolute atomic E-state index is 12.0. The SMILES string of the molecule is CCOC(=O)c1cnn(C2CCN(Cc3csc(-c4ccccc4Cl)n3)CC2)c1N. The monoisotopic (exact) mass is 445 g/mol. The van der Waals surface area contributed by atoms with Gasteiger partial charge in [0.1, 0.15) is 16.4 Å². The van der Waals surface area contributed by atoms with E-state index in [-0.39, 0.29) is 6.04 Å². The fraction of sp³-hybridized carbons (Fsp3) is 0.381. The van der Waals surface area contributed by atoms with E-state index < -0.39 is 5.97 Å². The first-order chi connectivity index (χ1) is 14.6. The summed E-state index contributed by atoms with van der Waals surface area (Å²) in [5.41, 5.74) is 8.53. The summed E-state index contributed by atoms with van der Waals surface area (Å²) in [6, 6.07) is 7.96. The van der Waals surface area contributed by atoms with Gasteiger partial charge in [0.2, 0.25) is 0 Å². The number of likely N-dealkylation sites (tertiary alicyclic amines) is 1. The zero-order valence-corrected chi connectivity index (χ0v) is 18.3. The minimum atomic E-state index is -0.420. The number of halogens is 1. The molecule has 0 spiro atoms. The first-order valence-corrected chi connectivity index (χ1v) is 11.2. The van der Waals surface area contributed by atoms with Crippen molar-refractivity contribution in [1.29, 1.82) is 0 Å². The lowest BCUT2D eigenvalue weighted by Crippen LogP contribution is -2.34. The number of carbonyl (C=O) groups is 1. The van der Waals surface area contributed by atoms with Gasteiger partial charge in [0.05, 0.1) is 29.6 Å². The van der Waals surface area contributed by atoms with Crippen molar-refractivity contribution in [3.8, 4) is 10.6 Å². The molecule has 1 aliphatic rings. The summed E-state index contributed by atoms with van der Waals surface area (Å²) in [4.78, 5) is 19.1. The largest absolute Gasteiger partial charge is 0.462 e. The highest BCUT2D eigenvalue weighted by atomic mass is 35.5. The second kappa shape index (κ2) is 9.16. The Morgan fingerprint density at radius 2 is 2.10 bits per heavy atom. The number of nitrogen functional groups attached to an aromatic ring is 1. The number of thiazole rings is 1. The zero-order chi connectivity index (χ0) is 21.1. The molecule has 3 heterocycles. The predicted molar refractivity (Wildman–Crippen MR) is 119 cm³/mol. The molecule has 1 aliphatic heterocycles. The summed E-state index contributed by atoms with van der Waals surface area (Å²) in [7, 11) is 0. The molecule has 0 aliphatic carbocycles. The molecule has 0 amide bonds. The topological polar surface area (TPSA) is 86.3 Å². The van der Waals surface area contributed by atoms with Crippen LogP contribution in [0.4, 0.5) is 5.82 Å². The van der Waals surface area contributed by atoms with Gasteiger partial charge in [-0.3, -0.25) is 4.90 Å². The van der Waals surface area contributed by atoms with Crippen LogP contribution >= 0.6 is 22.9 Å². The Morgan fingerprint density at radius 3 is 2.83 bits per heavy atom. The van der Waals surface area contributed by atoms with Crippen molar-refractivity contribution < 1.29 is 9.53 Å². The molecule has 7 nitrogen and oxygen atoms in total. The zero-order valence-electron chi connectivity index (χ0n) is 16.8. The summed E-state index contributed by atoms with van der Waals surface area (Å²) < 4.78 is 6.81. The van der Waals surface area contributed by atoms with Gasteiger partial charge in [-0.15, -0.1) is 11.3 Å². The Kier molecular flexibility index (Phi) is 6.36. The van der Waals surface area contributed by atoms with E-state index in [1.165, 1.54) is 6.20 Å². The standard InChI is InChI=1S/C21H24ClN5O2S/c1-2-29-21(28)17-11-24-27(19(17)23)15-7-9-26(10-8-15)12-14-13-30-20(25-14)16-5-3-4-6-18(16)22/h3-6,11,13,15H,2,7-10,12,23H2,1H3. The lowest BCUT2D eigenvalue weighted by molar-refractivity contribution is 0.0527. The average Bonchev–Trinajstić information content (AvgIpc) is 3.36. The maximum atomic E-state index is 12.0. The van der Waals surface area contributed by atoms with E-state index in [1.807, 2.05) is 24.3 Å². The number of benzene rings is 1. The van der Waals surface area contributed by atoms with Crippen molar-refractivity contribution in [2.45, 2.75) is 32.4 Å². The van der Waals surface area contributed by atoms with Gasteiger partial charge in [0, 0.05) is 30.6 Å². The van der Waals surface area contributed by atoms with Crippen molar-refractivity contribution in [1.82, 2.24) is 19.7 Å². The van der Waals surface area contributed by atoms with Crippen LogP contribution in [0.5, 0.6) is 0 Å². The Hall–Kier alpha value is -2.42. The maximum Gasteiger partial charge on any atom is 0.343 e. The van der Waals surface area contributed by atoms with Crippen LogP contribution in [0.2, 0.25) is 5.02 Å². The molecule has 30 heavy (non-hydrogen) atoms. The van der Waals surface area contributed by atoms with Crippen molar-refractivity contribution in [2.24, 2.45) is 0 Å². The third-order valence-corrected chi connectivity index (χ3v) is 6.53. The molecular weight excluding hydrogens is 422 g/mol. The number of hydrogen-bond acceptors (Lipinski definition) is 7. The molecule has 0 bridgehead atoms. The number of rotatable bonds is 6. The summed E-state index contributed by atoms with van der Waals surface area (Å²) in [5, 5.41) is 8.11. The van der Waals surface area contributed by atoms with Gasteiger partial charge in [-0.25, -0.2) is 14.5 Å². The Balaban J connectivity index is 1.36. The van der Waals surface area contributed by atoms with E-state index >= 15 is 0 Å². The van der Waals surface area contributed by atoms with Crippen LogP contribution in [0.3, 0.4) is 0 Å². The third-order valence-electron chi connectivity index (χ3n) is 5.27. The normalized spacial score (nSPS) is 15.4. The summed E-state index contributed by atoms with van der Waals surface area (Å²) in [6.07, 6.45) is 3.33. The first-order valence-electron chi connectivity index (χ1n) is 9.98. The van der Waals surface area contributed by atoms with Crippen LogP contribution in [0.15, 0.2) is 35.8 Å². The number of esters is 1. The van der Waals surface area contributed by atoms with Crippen LogP contribution in [-0.2, 0) is 11.3 Å². The van der Waals surface area contributed by atoms with E-state index in [0.29, 0.717) is 18.0 Å². The highest BCUT2D eigenvalue weighted by molar-refractivity contribution is 7.13. The van der Waals surface area contributed by atoms with Gasteiger partial charge in [-0.2, -0.15) is 5.10 Å². The van der Waals surface area contributed by atoms with Crippen LogP contribution in [0.1, 0.15) is 41.9 Å². The number of nitrogens with zero attached hydrogens (tertiary/aromatic N) is 4. The predicted octanol–water partition coefficient (Wildman–Crippen LogP) is 4.26. The average molecular weight is 446 g/mol. The molecule has 0 atom stereocenters. The summed E-state index contributed by atoms with van der Waals surface area (Å²) in [5.74, 6) is -0.0349. The lowest BCUT2D eigenvalue weighted by Gasteiger charge is -2.31. The van der Waals surface area contributed by atoms with Gasteiger partial charge < -0.3 is 10.5 Å². The van der Waals surface area contributed by atoms with Crippen molar-refractivity contribution >= 4 is 34.7 Å². The molecule has 1 aromatic carbocycles. The molecule has 2 N–H and O–H groups in total. The quantitative estimate of drug-likeness (QED) is 0.570. The fourth-order valence-electron chi connectivity index (χ4n) is 3.72. The van der Waals surface area contributed by atoms with E-state index in [4.69, 9.17) is 27.1 Å². The number of nitrogens with two attached hydrogens (primary N) is 1. The van der Waals surface area contributed by atoms with Gasteiger partial charge in [-0.1, -0.05) is 29.8 Å². The number of aromatic nitrogens is 3. The van der Waals surface area contributed by atoms with Crippen molar-refractivity contribution in [2.75, 3.05) is 25.4 Å². The molecule has 1 fully saturated rings. The van der Waals surface area contributed by atoms with Gasteiger partial charge in [-0.05, 0) is 25.8 Å². The lowest BCUT2D eigenvalue weighted by atomic mass is 10.0. The van der Waals surface area contributed by atoms with Gasteiger partial charge in [0.15, 0.2) is 0 Å². The number of anilines is 1. The van der Waals surface area contributed by atoms with Gasteiger partial charge >= 0.3 is 5.97 Å². The molecule has 1 saturated heterocycles. The summed E-state index contributed by atoms with van der Waals surface area (Å²) in [6.45, 7) is 4.72. The fourth-order valence-corrected chi connectivity index (χ4v) is 4.85. The molecular formula is C21H24ClN5O2S. The van der Waals surface area contributed by atoms with E-state index in [2.05, 4.69) is 15.4 Å². The van der Waals surface area contributed by atoms with E-state index in [9.17, 15) is 4.79 Å². The molecule has 9 heteroatoms. The molecule has 0 radical (unpaired) electrons. The molecule has 158 valence electrons. The van der Waals surface area contributed by atoms with E-state index in [1.54, 1.807) is 22.9 Å². The Morgan fingerprint density at radius 1 is 1.33 bits per heavy atom. The molecule has 4 rings (SSSR count). The first kappa shape index (κ1) is 20.8. The van der Waals surface area contributed by atoms with Crippen LogP contribution < -0.4 is 5.73 Å². The van der Waals surface area contributed by atoms with Crippen molar-refractivity contribution in [3.63, 3.8) is 0 Å².